The summed E-state index contributed by atoms with van der Waals surface area (Å²) in [6, 6.07) is 6.99. The number of aromatic nitrogens is 2. The summed E-state index contributed by atoms with van der Waals surface area (Å²) in [6.45, 7) is 17.8. The zero-order valence-electron chi connectivity index (χ0n) is 17.4. The molecule has 0 aliphatic carbocycles. The maximum Gasteiger partial charge on any atom is 0.0958 e. The number of rotatable bonds is 9. The second-order valence-corrected chi connectivity index (χ2v) is 6.42. The van der Waals surface area contributed by atoms with Crippen molar-refractivity contribution in [1.82, 2.24) is 19.8 Å². The molecule has 4 nitrogen and oxygen atoms in total. The van der Waals surface area contributed by atoms with Crippen molar-refractivity contribution in [2.24, 2.45) is 0 Å². The van der Waals surface area contributed by atoms with Gasteiger partial charge in [-0.25, -0.2) is 4.98 Å². The molecule has 0 aliphatic heterocycles. The molecule has 0 radical (unpaired) electrons. The van der Waals surface area contributed by atoms with E-state index in [1.54, 1.807) is 0 Å². The summed E-state index contributed by atoms with van der Waals surface area (Å²) in [5, 5.41) is 3.02. The molecule has 1 N–H and O–H groups in total. The van der Waals surface area contributed by atoms with Crippen molar-refractivity contribution in [3.05, 3.63) is 48.4 Å². The van der Waals surface area contributed by atoms with Crippen LogP contribution >= 0.6 is 0 Å². The molecule has 0 amide bonds. The molecule has 0 unspecified atom stereocenters. The maximum atomic E-state index is 4.57. The number of imidazole rings is 1. The van der Waals surface area contributed by atoms with Crippen molar-refractivity contribution in [3.8, 4) is 0 Å². The fraction of sp³-hybridized carbons (Fsp3) is 0.500. The predicted octanol–water partition coefficient (Wildman–Crippen LogP) is 4.93. The highest BCUT2D eigenvalue weighted by Gasteiger charge is 2.09. The van der Waals surface area contributed by atoms with Gasteiger partial charge < -0.3 is 9.88 Å². The third-order valence-electron chi connectivity index (χ3n) is 4.31. The summed E-state index contributed by atoms with van der Waals surface area (Å²) in [6.07, 6.45) is 7.17. The zero-order valence-corrected chi connectivity index (χ0v) is 17.4. The van der Waals surface area contributed by atoms with Crippen LogP contribution < -0.4 is 5.32 Å². The van der Waals surface area contributed by atoms with Crippen LogP contribution in [0.15, 0.2) is 42.9 Å². The number of hydrogen-bond acceptors (Lipinski definition) is 3. The van der Waals surface area contributed by atoms with E-state index in [4.69, 9.17) is 0 Å². The smallest absolute Gasteiger partial charge is 0.0958 e. The average Bonchev–Trinajstić information content (AvgIpc) is 3.06. The first-order valence-corrected chi connectivity index (χ1v) is 9.78. The van der Waals surface area contributed by atoms with Gasteiger partial charge in [0.15, 0.2) is 0 Å². The minimum Gasteiger partial charge on any atom is -0.389 e. The third kappa shape index (κ3) is 6.34. The summed E-state index contributed by atoms with van der Waals surface area (Å²) < 4.78 is 2.25. The molecular weight excluding hydrogens is 320 g/mol. The Bertz CT molecular complexity index is 697. The molecule has 0 saturated heterocycles. The Balaban J connectivity index is 0.00000163. The van der Waals surface area contributed by atoms with Crippen LogP contribution in [0.3, 0.4) is 0 Å². The van der Waals surface area contributed by atoms with E-state index in [2.05, 4.69) is 71.4 Å². The molecule has 1 aromatic heterocycles. The summed E-state index contributed by atoms with van der Waals surface area (Å²) in [5.41, 5.74) is 4.27. The van der Waals surface area contributed by atoms with E-state index < -0.39 is 0 Å². The lowest BCUT2D eigenvalue weighted by molar-refractivity contribution is 0.214. The molecule has 0 saturated carbocycles. The Morgan fingerprint density at radius 3 is 2.65 bits per heavy atom. The molecule has 0 atom stereocenters. The van der Waals surface area contributed by atoms with Crippen LogP contribution in [0.25, 0.3) is 17.1 Å². The highest BCUT2D eigenvalue weighted by atomic mass is 15.2. The molecule has 1 aromatic carbocycles. The van der Waals surface area contributed by atoms with Crippen molar-refractivity contribution >= 4 is 17.1 Å². The molecule has 0 aliphatic rings. The van der Waals surface area contributed by atoms with Gasteiger partial charge in [0, 0.05) is 31.9 Å². The summed E-state index contributed by atoms with van der Waals surface area (Å²) in [5.74, 6) is 0. The van der Waals surface area contributed by atoms with E-state index in [0.29, 0.717) is 6.04 Å². The number of fused-ring (bicyclic) bond motifs is 1. The third-order valence-corrected chi connectivity index (χ3v) is 4.31. The lowest BCUT2D eigenvalue weighted by atomic mass is 10.2. The van der Waals surface area contributed by atoms with Crippen molar-refractivity contribution in [2.45, 2.75) is 53.6 Å². The van der Waals surface area contributed by atoms with E-state index in [-0.39, 0.29) is 0 Å². The molecule has 26 heavy (non-hydrogen) atoms. The van der Waals surface area contributed by atoms with Gasteiger partial charge >= 0.3 is 0 Å². The number of nitrogens with zero attached hydrogens (tertiary/aromatic N) is 3. The van der Waals surface area contributed by atoms with E-state index in [1.807, 2.05) is 33.3 Å². The van der Waals surface area contributed by atoms with Crippen molar-refractivity contribution in [2.75, 3.05) is 20.1 Å². The van der Waals surface area contributed by atoms with Gasteiger partial charge in [0.2, 0.25) is 0 Å². The number of likely N-dealkylation sites (N-methyl/N-ethyl adjacent to an activating group) is 1. The first-order chi connectivity index (χ1) is 12.5. The molecule has 2 rings (SSSR count). The number of benzene rings is 1. The topological polar surface area (TPSA) is 33.1 Å². The Labute approximate surface area is 159 Å². The zero-order chi connectivity index (χ0) is 19.5. The van der Waals surface area contributed by atoms with Crippen LogP contribution in [0, 0.1) is 0 Å². The first kappa shape index (κ1) is 22.0. The van der Waals surface area contributed by atoms with E-state index in [9.17, 15) is 0 Å². The van der Waals surface area contributed by atoms with Gasteiger partial charge in [-0.05, 0) is 50.6 Å². The summed E-state index contributed by atoms with van der Waals surface area (Å²) in [7, 11) is 1.87. The quantitative estimate of drug-likeness (QED) is 0.647. The lowest BCUT2D eigenvalue weighted by Gasteiger charge is -2.26. The number of nitrogens with one attached hydrogen (secondary N) is 1. The molecule has 1 heterocycles. The normalized spacial score (nSPS) is 11.2. The molecule has 0 bridgehead atoms. The first-order valence-electron chi connectivity index (χ1n) is 9.78. The largest absolute Gasteiger partial charge is 0.389 e. The number of allylic oxidation sites excluding steroid dienone is 1. The van der Waals surface area contributed by atoms with Crippen LogP contribution in [-0.4, -0.2) is 40.6 Å². The van der Waals surface area contributed by atoms with E-state index >= 15 is 0 Å². The molecule has 0 fully saturated rings. The van der Waals surface area contributed by atoms with Crippen LogP contribution in [0.5, 0.6) is 0 Å². The second-order valence-electron chi connectivity index (χ2n) is 6.42. The Kier molecular flexibility index (Phi) is 9.74. The average molecular weight is 357 g/mol. The fourth-order valence-electron chi connectivity index (χ4n) is 2.79. The van der Waals surface area contributed by atoms with Crippen molar-refractivity contribution in [3.63, 3.8) is 0 Å². The van der Waals surface area contributed by atoms with Crippen LogP contribution in [0.4, 0.5) is 0 Å². The Morgan fingerprint density at radius 2 is 2.04 bits per heavy atom. The van der Waals surface area contributed by atoms with Gasteiger partial charge in [-0.3, -0.25) is 4.90 Å². The minimum absolute atomic E-state index is 0.580. The van der Waals surface area contributed by atoms with E-state index in [0.717, 1.165) is 36.4 Å². The van der Waals surface area contributed by atoms with Crippen molar-refractivity contribution < 1.29 is 0 Å². The van der Waals surface area contributed by atoms with Crippen LogP contribution in [0.1, 0.15) is 46.6 Å². The Hall–Kier alpha value is -2.07. The van der Waals surface area contributed by atoms with Crippen LogP contribution in [0.2, 0.25) is 0 Å². The number of hydrogen-bond donors (Lipinski definition) is 1. The predicted molar refractivity (Wildman–Crippen MR) is 115 cm³/mol. The van der Waals surface area contributed by atoms with Gasteiger partial charge in [-0.15, -0.1) is 0 Å². The van der Waals surface area contributed by atoms with Gasteiger partial charge in [0.1, 0.15) is 0 Å². The summed E-state index contributed by atoms with van der Waals surface area (Å²) in [4.78, 5) is 7.09. The standard InChI is InChI=1S/C20H30N4.C2H6/c1-6-11-23(16(2)3)12-13-24-15-22-19-14-18(9-10-20(19)24)8-7-17(4)21-5;1-2/h7-10,14-16,21H,4,6,11-13H2,1-3,5H3;1-2H3/b8-7+;. The molecule has 144 valence electrons. The maximum absolute atomic E-state index is 4.57. The fourth-order valence-corrected chi connectivity index (χ4v) is 2.79. The Morgan fingerprint density at radius 1 is 1.31 bits per heavy atom. The lowest BCUT2D eigenvalue weighted by Crippen LogP contribution is -2.34. The second kappa shape index (κ2) is 11.5. The van der Waals surface area contributed by atoms with Gasteiger partial charge in [-0.1, -0.05) is 39.5 Å². The monoisotopic (exact) mass is 356 g/mol. The molecule has 4 heteroatoms. The molecule has 0 spiro atoms. The minimum atomic E-state index is 0.580. The molecular formula is C22H36N4. The van der Waals surface area contributed by atoms with Crippen LogP contribution in [-0.2, 0) is 6.54 Å². The summed E-state index contributed by atoms with van der Waals surface area (Å²) >= 11 is 0. The van der Waals surface area contributed by atoms with Crippen molar-refractivity contribution in [1.29, 1.82) is 0 Å². The SMILES string of the molecule is C=C(/C=C/c1ccc2c(c1)ncn2CCN(CCC)C(C)C)NC.CC. The molecule has 2 aromatic rings. The van der Waals surface area contributed by atoms with Gasteiger partial charge in [-0.2, -0.15) is 0 Å². The van der Waals surface area contributed by atoms with E-state index in [1.165, 1.54) is 11.9 Å². The highest BCUT2D eigenvalue weighted by molar-refractivity contribution is 5.78. The highest BCUT2D eigenvalue weighted by Crippen LogP contribution is 2.16. The van der Waals surface area contributed by atoms with Gasteiger partial charge in [0.25, 0.3) is 0 Å². The van der Waals surface area contributed by atoms with Gasteiger partial charge in [0.05, 0.1) is 17.4 Å².